The van der Waals surface area contributed by atoms with Gasteiger partial charge in [0.1, 0.15) is 11.9 Å². The van der Waals surface area contributed by atoms with Gasteiger partial charge in [0.05, 0.1) is 18.3 Å². The lowest BCUT2D eigenvalue weighted by Gasteiger charge is -2.33. The number of piperidine rings is 1. The fourth-order valence-corrected chi connectivity index (χ4v) is 2.72. The Balaban J connectivity index is 1.68. The van der Waals surface area contributed by atoms with E-state index in [0.29, 0.717) is 13.2 Å². The van der Waals surface area contributed by atoms with E-state index in [-0.39, 0.29) is 11.7 Å². The molecule has 1 N–H and O–H groups in total. The topological polar surface area (TPSA) is 41.9 Å². The van der Waals surface area contributed by atoms with Gasteiger partial charge < -0.3 is 19.5 Å². The minimum absolute atomic E-state index is 0.199. The zero-order valence-electron chi connectivity index (χ0n) is 14.9. The largest absolute Gasteiger partial charge is 0.490 e. The van der Waals surface area contributed by atoms with Crippen LogP contribution < -0.4 is 4.74 Å². The van der Waals surface area contributed by atoms with Crippen LogP contribution in [0.3, 0.4) is 0 Å². The quantitative estimate of drug-likeness (QED) is 0.874. The SMILES string of the molecule is Cc1ccc(OC2CCN(CC(O)COC(C)(C)C)CC2)cc1. The van der Waals surface area contributed by atoms with Crippen LogP contribution in [0.4, 0.5) is 0 Å². The first-order chi connectivity index (χ1) is 10.8. The van der Waals surface area contributed by atoms with Gasteiger partial charge in [-0.25, -0.2) is 0 Å². The van der Waals surface area contributed by atoms with Crippen LogP contribution in [-0.4, -0.2) is 54.1 Å². The maximum Gasteiger partial charge on any atom is 0.119 e. The highest BCUT2D eigenvalue weighted by Gasteiger charge is 2.23. The zero-order valence-corrected chi connectivity index (χ0v) is 14.9. The summed E-state index contributed by atoms with van der Waals surface area (Å²) < 4.78 is 11.7. The number of β-amino-alcohol motifs (C(OH)–C–C–N with tert-alkyl or cyclic N) is 1. The number of aliphatic hydroxyl groups is 1. The molecule has 1 unspecified atom stereocenters. The highest BCUT2D eigenvalue weighted by Crippen LogP contribution is 2.19. The van der Waals surface area contributed by atoms with Crippen LogP contribution >= 0.6 is 0 Å². The molecule has 1 saturated heterocycles. The van der Waals surface area contributed by atoms with Crippen LogP contribution in [0, 0.1) is 6.92 Å². The van der Waals surface area contributed by atoms with Gasteiger partial charge in [-0.2, -0.15) is 0 Å². The van der Waals surface area contributed by atoms with Gasteiger partial charge in [-0.3, -0.25) is 0 Å². The van der Waals surface area contributed by atoms with Gasteiger partial charge in [0.25, 0.3) is 0 Å². The van der Waals surface area contributed by atoms with Crippen molar-refractivity contribution in [3.63, 3.8) is 0 Å². The van der Waals surface area contributed by atoms with E-state index in [1.54, 1.807) is 0 Å². The van der Waals surface area contributed by atoms with Gasteiger partial charge in [0, 0.05) is 19.6 Å². The van der Waals surface area contributed by atoms with Crippen molar-refractivity contribution < 1.29 is 14.6 Å². The first kappa shape index (κ1) is 18.2. The number of hydrogen-bond acceptors (Lipinski definition) is 4. The number of rotatable bonds is 6. The first-order valence-corrected chi connectivity index (χ1v) is 8.59. The second kappa shape index (κ2) is 8.13. The Hall–Kier alpha value is -1.10. The van der Waals surface area contributed by atoms with E-state index >= 15 is 0 Å². The summed E-state index contributed by atoms with van der Waals surface area (Å²) in [7, 11) is 0. The summed E-state index contributed by atoms with van der Waals surface area (Å²) in [6.45, 7) is 11.1. The Kier molecular flexibility index (Phi) is 6.45. The Bertz CT molecular complexity index is 458. The molecule has 4 nitrogen and oxygen atoms in total. The normalized spacial score (nSPS) is 18.8. The third-order valence-electron chi connectivity index (χ3n) is 4.04. The number of nitrogens with zero attached hydrogens (tertiary/aromatic N) is 1. The Morgan fingerprint density at radius 2 is 1.78 bits per heavy atom. The molecule has 1 aromatic rings. The number of hydrogen-bond donors (Lipinski definition) is 1. The van der Waals surface area contributed by atoms with Crippen molar-refractivity contribution in [2.45, 2.75) is 58.3 Å². The van der Waals surface area contributed by atoms with Crippen molar-refractivity contribution in [3.8, 4) is 5.75 Å². The van der Waals surface area contributed by atoms with Crippen LogP contribution in [0.2, 0.25) is 0 Å². The molecule has 0 amide bonds. The molecule has 2 rings (SSSR count). The van der Waals surface area contributed by atoms with Crippen molar-refractivity contribution in [2.24, 2.45) is 0 Å². The smallest absolute Gasteiger partial charge is 0.119 e. The minimum Gasteiger partial charge on any atom is -0.490 e. The lowest BCUT2D eigenvalue weighted by atomic mass is 10.1. The number of ether oxygens (including phenoxy) is 2. The van der Waals surface area contributed by atoms with E-state index in [1.165, 1.54) is 5.56 Å². The highest BCUT2D eigenvalue weighted by atomic mass is 16.5. The van der Waals surface area contributed by atoms with Crippen LogP contribution in [0.5, 0.6) is 5.75 Å². The zero-order chi connectivity index (χ0) is 16.9. The van der Waals surface area contributed by atoms with E-state index in [9.17, 15) is 5.11 Å². The lowest BCUT2D eigenvalue weighted by molar-refractivity contribution is -0.0588. The summed E-state index contributed by atoms with van der Waals surface area (Å²) in [5.74, 6) is 0.952. The summed E-state index contributed by atoms with van der Waals surface area (Å²) in [6.07, 6.45) is 1.85. The predicted molar refractivity (Wildman–Crippen MR) is 93.0 cm³/mol. The highest BCUT2D eigenvalue weighted by molar-refractivity contribution is 5.26. The van der Waals surface area contributed by atoms with Crippen LogP contribution in [0.25, 0.3) is 0 Å². The molecule has 0 saturated carbocycles. The molecule has 0 aromatic heterocycles. The van der Waals surface area contributed by atoms with Gasteiger partial charge >= 0.3 is 0 Å². The molecule has 1 fully saturated rings. The molecule has 0 bridgehead atoms. The number of aryl methyl sites for hydroxylation is 1. The predicted octanol–water partition coefficient (Wildman–Crippen LogP) is 3.01. The Morgan fingerprint density at radius 1 is 1.17 bits per heavy atom. The van der Waals surface area contributed by atoms with Crippen molar-refractivity contribution in [1.29, 1.82) is 0 Å². The third kappa shape index (κ3) is 6.90. The fraction of sp³-hybridized carbons (Fsp3) is 0.684. The summed E-state index contributed by atoms with van der Waals surface area (Å²) in [6, 6.07) is 8.23. The number of likely N-dealkylation sites (tertiary alicyclic amines) is 1. The molecule has 130 valence electrons. The molecule has 1 aliphatic heterocycles. The average molecular weight is 321 g/mol. The Labute approximate surface area is 140 Å². The van der Waals surface area contributed by atoms with Crippen molar-refractivity contribution in [3.05, 3.63) is 29.8 Å². The maximum absolute atomic E-state index is 10.1. The molecule has 23 heavy (non-hydrogen) atoms. The van der Waals surface area contributed by atoms with Crippen molar-refractivity contribution in [1.82, 2.24) is 4.90 Å². The summed E-state index contributed by atoms with van der Waals surface area (Å²) >= 11 is 0. The van der Waals surface area contributed by atoms with E-state index in [4.69, 9.17) is 9.47 Å². The molecule has 1 heterocycles. The average Bonchev–Trinajstić information content (AvgIpc) is 2.49. The van der Waals surface area contributed by atoms with Crippen LogP contribution in [-0.2, 0) is 4.74 Å². The summed E-state index contributed by atoms with van der Waals surface area (Å²) in [5.41, 5.74) is 1.05. The second-order valence-corrected chi connectivity index (χ2v) is 7.51. The molecule has 1 aromatic carbocycles. The van der Waals surface area contributed by atoms with E-state index in [1.807, 2.05) is 32.9 Å². The van der Waals surface area contributed by atoms with Crippen molar-refractivity contribution in [2.75, 3.05) is 26.2 Å². The van der Waals surface area contributed by atoms with Crippen molar-refractivity contribution >= 4 is 0 Å². The fourth-order valence-electron chi connectivity index (χ4n) is 2.72. The molecule has 0 spiro atoms. The van der Waals surface area contributed by atoms with Crippen LogP contribution in [0.1, 0.15) is 39.2 Å². The molecule has 0 radical (unpaired) electrons. The first-order valence-electron chi connectivity index (χ1n) is 8.59. The van der Waals surface area contributed by atoms with Gasteiger partial charge in [0.2, 0.25) is 0 Å². The number of aliphatic hydroxyl groups excluding tert-OH is 1. The minimum atomic E-state index is -0.427. The van der Waals surface area contributed by atoms with Crippen LogP contribution in [0.15, 0.2) is 24.3 Å². The molecular weight excluding hydrogens is 290 g/mol. The molecule has 1 aliphatic rings. The number of benzene rings is 1. The Morgan fingerprint density at radius 3 is 2.35 bits per heavy atom. The summed E-state index contributed by atoms with van der Waals surface area (Å²) in [4.78, 5) is 2.30. The van der Waals surface area contributed by atoms with E-state index in [2.05, 4.69) is 24.0 Å². The molecule has 1 atom stereocenters. The van der Waals surface area contributed by atoms with E-state index in [0.717, 1.165) is 31.7 Å². The summed E-state index contributed by atoms with van der Waals surface area (Å²) in [5, 5.41) is 10.1. The van der Waals surface area contributed by atoms with Gasteiger partial charge in [-0.1, -0.05) is 17.7 Å². The van der Waals surface area contributed by atoms with Gasteiger partial charge in [0.15, 0.2) is 0 Å². The monoisotopic (exact) mass is 321 g/mol. The lowest BCUT2D eigenvalue weighted by Crippen LogP contribution is -2.43. The van der Waals surface area contributed by atoms with Gasteiger partial charge in [-0.15, -0.1) is 0 Å². The van der Waals surface area contributed by atoms with E-state index < -0.39 is 6.10 Å². The molecule has 4 heteroatoms. The second-order valence-electron chi connectivity index (χ2n) is 7.51. The molecular formula is C19H31NO3. The molecule has 0 aliphatic carbocycles. The van der Waals surface area contributed by atoms with Gasteiger partial charge in [-0.05, 0) is 52.7 Å². The maximum atomic E-state index is 10.1. The third-order valence-corrected chi connectivity index (χ3v) is 4.04. The standard InChI is InChI=1S/C19H31NO3/c1-15-5-7-17(8-6-15)23-18-9-11-20(12-10-18)13-16(21)14-22-19(2,3)4/h5-8,16,18,21H,9-14H2,1-4H3.